The monoisotopic (exact) mass is 326 g/mol. The van der Waals surface area contributed by atoms with Crippen LogP contribution in [0.5, 0.6) is 0 Å². The Kier molecular flexibility index (Phi) is 4.52. The SMILES string of the molecule is CCC(C(=O)OC)C1CC(c2ccc(Br)cn2)=NO1. The summed E-state index contributed by atoms with van der Waals surface area (Å²) in [5, 5.41) is 4.03. The highest BCUT2D eigenvalue weighted by atomic mass is 79.9. The van der Waals surface area contributed by atoms with Gasteiger partial charge >= 0.3 is 5.97 Å². The normalized spacial score (nSPS) is 19.5. The van der Waals surface area contributed by atoms with Crippen LogP contribution in [-0.4, -0.2) is 29.9 Å². The summed E-state index contributed by atoms with van der Waals surface area (Å²) in [7, 11) is 1.39. The predicted octanol–water partition coefficient (Wildman–Crippen LogP) is 2.54. The lowest BCUT2D eigenvalue weighted by Crippen LogP contribution is -2.29. The minimum absolute atomic E-state index is 0.257. The molecule has 0 aliphatic carbocycles. The van der Waals surface area contributed by atoms with Crippen LogP contribution in [0.25, 0.3) is 0 Å². The van der Waals surface area contributed by atoms with Gasteiger partial charge in [0.15, 0.2) is 0 Å². The average molecular weight is 327 g/mol. The topological polar surface area (TPSA) is 60.8 Å². The average Bonchev–Trinajstić information content (AvgIpc) is 2.89. The standard InChI is InChI=1S/C13H15BrN2O3/c1-3-9(13(17)18-2)12-6-11(16-19-12)10-5-4-8(14)7-15-10/h4-5,7,9,12H,3,6H2,1-2H3. The van der Waals surface area contributed by atoms with Crippen molar-refractivity contribution in [2.75, 3.05) is 7.11 Å². The van der Waals surface area contributed by atoms with Crippen LogP contribution in [0, 0.1) is 5.92 Å². The number of pyridine rings is 1. The molecule has 0 amide bonds. The summed E-state index contributed by atoms with van der Waals surface area (Å²) in [6.45, 7) is 1.93. The first-order valence-corrected chi connectivity index (χ1v) is 6.87. The number of esters is 1. The van der Waals surface area contributed by atoms with E-state index in [1.807, 2.05) is 19.1 Å². The van der Waals surface area contributed by atoms with Gasteiger partial charge in [0.25, 0.3) is 0 Å². The molecule has 2 heterocycles. The number of ether oxygens (including phenoxy) is 1. The second-order valence-electron chi connectivity index (χ2n) is 4.29. The van der Waals surface area contributed by atoms with Gasteiger partial charge in [-0.15, -0.1) is 0 Å². The third-order valence-electron chi connectivity index (χ3n) is 3.11. The van der Waals surface area contributed by atoms with E-state index in [0.29, 0.717) is 12.8 Å². The van der Waals surface area contributed by atoms with Crippen molar-refractivity contribution in [2.24, 2.45) is 11.1 Å². The third kappa shape index (κ3) is 3.12. The predicted molar refractivity (Wildman–Crippen MR) is 73.8 cm³/mol. The molecule has 1 aromatic heterocycles. The Balaban J connectivity index is 2.06. The van der Waals surface area contributed by atoms with E-state index in [9.17, 15) is 4.79 Å². The van der Waals surface area contributed by atoms with Gasteiger partial charge in [0.05, 0.1) is 18.7 Å². The molecule has 102 valence electrons. The molecular weight excluding hydrogens is 312 g/mol. The first-order valence-electron chi connectivity index (χ1n) is 6.08. The Morgan fingerprint density at radius 2 is 2.42 bits per heavy atom. The lowest BCUT2D eigenvalue weighted by Gasteiger charge is -2.17. The second kappa shape index (κ2) is 6.14. The summed E-state index contributed by atoms with van der Waals surface area (Å²) in [6.07, 6.45) is 2.68. The minimum Gasteiger partial charge on any atom is -0.469 e. The Bertz CT molecular complexity index is 487. The van der Waals surface area contributed by atoms with Gasteiger partial charge in [-0.2, -0.15) is 0 Å². The van der Waals surface area contributed by atoms with E-state index < -0.39 is 0 Å². The largest absolute Gasteiger partial charge is 0.469 e. The molecule has 0 radical (unpaired) electrons. The first-order chi connectivity index (χ1) is 9.15. The molecular formula is C13H15BrN2O3. The maximum Gasteiger partial charge on any atom is 0.312 e. The summed E-state index contributed by atoms with van der Waals surface area (Å²) in [6, 6.07) is 3.77. The molecule has 2 rings (SSSR count). The van der Waals surface area contributed by atoms with Gasteiger partial charge < -0.3 is 9.57 Å². The fourth-order valence-electron chi connectivity index (χ4n) is 2.04. The Morgan fingerprint density at radius 1 is 1.63 bits per heavy atom. The zero-order chi connectivity index (χ0) is 13.8. The van der Waals surface area contributed by atoms with Crippen LogP contribution in [0.1, 0.15) is 25.5 Å². The highest BCUT2D eigenvalue weighted by Gasteiger charge is 2.34. The number of nitrogens with zero attached hydrogens (tertiary/aromatic N) is 2. The number of rotatable bonds is 4. The zero-order valence-corrected chi connectivity index (χ0v) is 12.4. The molecule has 2 atom stereocenters. The van der Waals surface area contributed by atoms with Gasteiger partial charge in [-0.25, -0.2) is 0 Å². The smallest absolute Gasteiger partial charge is 0.312 e. The Morgan fingerprint density at radius 3 is 3.00 bits per heavy atom. The second-order valence-corrected chi connectivity index (χ2v) is 5.20. The van der Waals surface area contributed by atoms with E-state index in [1.54, 1.807) is 6.20 Å². The van der Waals surface area contributed by atoms with E-state index in [4.69, 9.17) is 9.57 Å². The number of carbonyl (C=O) groups excluding carboxylic acids is 1. The number of hydrogen-bond donors (Lipinski definition) is 0. The number of halogens is 1. The van der Waals surface area contributed by atoms with E-state index in [1.165, 1.54) is 7.11 Å². The van der Waals surface area contributed by atoms with Gasteiger partial charge in [-0.1, -0.05) is 12.1 Å². The molecule has 0 saturated heterocycles. The minimum atomic E-state index is -0.290. The van der Waals surface area contributed by atoms with E-state index in [2.05, 4.69) is 26.1 Å². The molecule has 0 N–H and O–H groups in total. The van der Waals surface area contributed by atoms with Crippen molar-refractivity contribution in [2.45, 2.75) is 25.9 Å². The third-order valence-corrected chi connectivity index (χ3v) is 3.58. The van der Waals surface area contributed by atoms with Gasteiger partial charge in [0.1, 0.15) is 11.8 Å². The Hall–Kier alpha value is -1.43. The summed E-state index contributed by atoms with van der Waals surface area (Å²) in [4.78, 5) is 21.3. The van der Waals surface area contributed by atoms with Gasteiger partial charge in [0, 0.05) is 17.1 Å². The molecule has 1 aromatic rings. The highest BCUT2D eigenvalue weighted by molar-refractivity contribution is 9.10. The highest BCUT2D eigenvalue weighted by Crippen LogP contribution is 2.25. The van der Waals surface area contributed by atoms with Crippen molar-refractivity contribution in [1.82, 2.24) is 4.98 Å². The van der Waals surface area contributed by atoms with Gasteiger partial charge in [-0.05, 0) is 34.5 Å². The maximum absolute atomic E-state index is 11.6. The number of aromatic nitrogens is 1. The van der Waals surface area contributed by atoms with Crippen LogP contribution in [-0.2, 0) is 14.4 Å². The van der Waals surface area contributed by atoms with Crippen LogP contribution in [0.15, 0.2) is 28.0 Å². The molecule has 0 bridgehead atoms. The lowest BCUT2D eigenvalue weighted by molar-refractivity contribution is -0.150. The van der Waals surface area contributed by atoms with Crippen LogP contribution in [0.4, 0.5) is 0 Å². The van der Waals surface area contributed by atoms with Crippen LogP contribution >= 0.6 is 15.9 Å². The van der Waals surface area contributed by atoms with E-state index in [0.717, 1.165) is 15.9 Å². The summed E-state index contributed by atoms with van der Waals surface area (Å²) < 4.78 is 5.69. The fraction of sp³-hybridized carbons (Fsp3) is 0.462. The molecule has 0 aromatic carbocycles. The molecule has 0 fully saturated rings. The maximum atomic E-state index is 11.6. The molecule has 1 aliphatic heterocycles. The van der Waals surface area contributed by atoms with E-state index >= 15 is 0 Å². The van der Waals surface area contributed by atoms with Crippen LogP contribution in [0.2, 0.25) is 0 Å². The molecule has 19 heavy (non-hydrogen) atoms. The fourth-order valence-corrected chi connectivity index (χ4v) is 2.28. The van der Waals surface area contributed by atoms with E-state index in [-0.39, 0.29) is 18.0 Å². The molecule has 0 saturated carbocycles. The van der Waals surface area contributed by atoms with Crippen molar-refractivity contribution < 1.29 is 14.4 Å². The molecule has 2 unspecified atom stereocenters. The molecule has 5 nitrogen and oxygen atoms in total. The number of hydrogen-bond acceptors (Lipinski definition) is 5. The van der Waals surface area contributed by atoms with Crippen LogP contribution < -0.4 is 0 Å². The molecule has 1 aliphatic rings. The van der Waals surface area contributed by atoms with Crippen molar-refractivity contribution >= 4 is 27.6 Å². The summed E-state index contributed by atoms with van der Waals surface area (Å²) >= 11 is 3.33. The summed E-state index contributed by atoms with van der Waals surface area (Å²) in [5.74, 6) is -0.547. The van der Waals surface area contributed by atoms with Crippen molar-refractivity contribution in [3.63, 3.8) is 0 Å². The lowest BCUT2D eigenvalue weighted by atomic mass is 9.95. The van der Waals surface area contributed by atoms with Crippen molar-refractivity contribution in [3.8, 4) is 0 Å². The zero-order valence-electron chi connectivity index (χ0n) is 10.8. The van der Waals surface area contributed by atoms with Crippen LogP contribution in [0.3, 0.4) is 0 Å². The van der Waals surface area contributed by atoms with Crippen molar-refractivity contribution in [3.05, 3.63) is 28.5 Å². The number of oxime groups is 1. The quantitative estimate of drug-likeness (QED) is 0.798. The van der Waals surface area contributed by atoms with Crippen molar-refractivity contribution in [1.29, 1.82) is 0 Å². The molecule has 0 spiro atoms. The van der Waals surface area contributed by atoms with Gasteiger partial charge in [0.2, 0.25) is 0 Å². The number of methoxy groups -OCH3 is 1. The Labute approximate surface area is 120 Å². The molecule has 6 heteroatoms. The first kappa shape index (κ1) is 14.0. The van der Waals surface area contributed by atoms with Gasteiger partial charge in [-0.3, -0.25) is 9.78 Å². The summed E-state index contributed by atoms with van der Waals surface area (Å²) in [5.41, 5.74) is 1.53. The number of carbonyl (C=O) groups is 1.